The van der Waals surface area contributed by atoms with E-state index < -0.39 is 0 Å². The molecule has 2 N–H and O–H groups in total. The molecule has 1 unspecified atom stereocenters. The van der Waals surface area contributed by atoms with Crippen molar-refractivity contribution in [2.45, 2.75) is 38.6 Å². The van der Waals surface area contributed by atoms with Crippen LogP contribution < -0.4 is 10.6 Å². The normalized spacial score (nSPS) is 16.9. The number of nitrogens with one attached hydrogen (secondary N) is 2. The number of aliphatic imine (C=N–C) groups is 1. The van der Waals surface area contributed by atoms with E-state index in [2.05, 4.69) is 32.9 Å². The van der Waals surface area contributed by atoms with Gasteiger partial charge in [-0.15, -0.1) is 35.3 Å². The summed E-state index contributed by atoms with van der Waals surface area (Å²) in [5.74, 6) is 1.33. The van der Waals surface area contributed by atoms with Gasteiger partial charge in [-0.1, -0.05) is 6.92 Å². The molecule has 1 aromatic heterocycles. The summed E-state index contributed by atoms with van der Waals surface area (Å²) in [6, 6.07) is 0.638. The molecule has 18 heavy (non-hydrogen) atoms. The van der Waals surface area contributed by atoms with Crippen molar-refractivity contribution < 1.29 is 0 Å². The van der Waals surface area contributed by atoms with E-state index in [0.717, 1.165) is 18.2 Å². The molecule has 1 fully saturated rings. The molecule has 0 aromatic carbocycles. The van der Waals surface area contributed by atoms with E-state index in [1.54, 1.807) is 11.3 Å². The molecule has 0 bridgehead atoms. The van der Waals surface area contributed by atoms with Crippen molar-refractivity contribution in [1.82, 2.24) is 15.6 Å². The number of thiazole rings is 1. The van der Waals surface area contributed by atoms with Gasteiger partial charge in [0.25, 0.3) is 0 Å². The summed E-state index contributed by atoms with van der Waals surface area (Å²) in [4.78, 5) is 8.72. The van der Waals surface area contributed by atoms with Crippen LogP contribution >= 0.6 is 35.3 Å². The predicted octanol–water partition coefficient (Wildman–Crippen LogP) is 2.50. The summed E-state index contributed by atoms with van der Waals surface area (Å²) < 4.78 is 0. The summed E-state index contributed by atoms with van der Waals surface area (Å²) >= 11 is 1.73. The van der Waals surface area contributed by atoms with Gasteiger partial charge in [0, 0.05) is 36.6 Å². The fourth-order valence-corrected chi connectivity index (χ4v) is 2.41. The first-order valence-corrected chi connectivity index (χ1v) is 6.96. The molecule has 1 aliphatic rings. The number of rotatable bonds is 4. The average Bonchev–Trinajstić information content (AvgIpc) is 3.04. The molecule has 0 saturated heterocycles. The Morgan fingerprint density at radius 2 is 2.33 bits per heavy atom. The monoisotopic (exact) mass is 380 g/mol. The fourth-order valence-electron chi connectivity index (χ4n) is 1.55. The van der Waals surface area contributed by atoms with Gasteiger partial charge in [0.1, 0.15) is 0 Å². The van der Waals surface area contributed by atoms with E-state index in [9.17, 15) is 0 Å². The molecule has 0 amide bonds. The van der Waals surface area contributed by atoms with Gasteiger partial charge in [0.15, 0.2) is 5.96 Å². The van der Waals surface area contributed by atoms with Crippen LogP contribution in [0.25, 0.3) is 0 Å². The Hall–Kier alpha value is -0.370. The van der Waals surface area contributed by atoms with Crippen LogP contribution in [0.1, 0.15) is 36.4 Å². The lowest BCUT2D eigenvalue weighted by atomic mass is 10.2. The number of aromatic nitrogens is 1. The third kappa shape index (κ3) is 4.72. The third-order valence-electron chi connectivity index (χ3n) is 2.78. The van der Waals surface area contributed by atoms with E-state index in [4.69, 9.17) is 0 Å². The zero-order chi connectivity index (χ0) is 12.3. The Morgan fingerprint density at radius 3 is 2.83 bits per heavy atom. The van der Waals surface area contributed by atoms with Gasteiger partial charge < -0.3 is 10.6 Å². The zero-order valence-corrected chi connectivity index (χ0v) is 14.2. The van der Waals surface area contributed by atoms with E-state index >= 15 is 0 Å². The minimum absolute atomic E-state index is 0. The molecule has 1 atom stereocenters. The Morgan fingerprint density at radius 1 is 1.61 bits per heavy atom. The van der Waals surface area contributed by atoms with E-state index in [0.29, 0.717) is 12.0 Å². The highest BCUT2D eigenvalue weighted by Crippen LogP contribution is 2.20. The second-order valence-electron chi connectivity index (χ2n) is 4.60. The first kappa shape index (κ1) is 15.7. The molecule has 0 radical (unpaired) electrons. The molecule has 6 heteroatoms. The van der Waals surface area contributed by atoms with Crippen molar-refractivity contribution in [3.8, 4) is 0 Å². The second-order valence-corrected chi connectivity index (χ2v) is 5.49. The maximum Gasteiger partial charge on any atom is 0.191 e. The molecular formula is C12H21IN4S. The van der Waals surface area contributed by atoms with Crippen LogP contribution in [0.15, 0.2) is 10.4 Å². The highest BCUT2D eigenvalue weighted by molar-refractivity contribution is 14.0. The Bertz CT molecular complexity index is 401. The molecule has 1 heterocycles. The molecular weight excluding hydrogens is 359 g/mol. The lowest BCUT2D eigenvalue weighted by Crippen LogP contribution is -2.40. The van der Waals surface area contributed by atoms with Gasteiger partial charge in [0.05, 0.1) is 5.01 Å². The molecule has 102 valence electrons. The average molecular weight is 380 g/mol. The van der Waals surface area contributed by atoms with E-state index in [-0.39, 0.29) is 24.0 Å². The van der Waals surface area contributed by atoms with Crippen LogP contribution in [-0.4, -0.2) is 30.6 Å². The van der Waals surface area contributed by atoms with Gasteiger partial charge in [-0.05, 0) is 19.8 Å². The summed E-state index contributed by atoms with van der Waals surface area (Å²) in [6.07, 6.45) is 2.53. The van der Waals surface area contributed by atoms with Gasteiger partial charge in [0.2, 0.25) is 0 Å². The minimum Gasteiger partial charge on any atom is -0.356 e. The number of guanidine groups is 1. The van der Waals surface area contributed by atoms with Crippen molar-refractivity contribution in [2.75, 3.05) is 13.6 Å². The van der Waals surface area contributed by atoms with Crippen LogP contribution in [0, 0.1) is 6.92 Å². The largest absolute Gasteiger partial charge is 0.356 e. The molecule has 1 aliphatic carbocycles. The smallest absolute Gasteiger partial charge is 0.191 e. The maximum absolute atomic E-state index is 4.51. The third-order valence-corrected chi connectivity index (χ3v) is 3.97. The summed E-state index contributed by atoms with van der Waals surface area (Å²) in [6.45, 7) is 5.10. The van der Waals surface area contributed by atoms with Gasteiger partial charge in [-0.25, -0.2) is 4.98 Å². The Kier molecular flexibility index (Phi) is 6.34. The predicted molar refractivity (Wildman–Crippen MR) is 88.2 cm³/mol. The molecule has 1 aromatic rings. The second kappa shape index (κ2) is 7.28. The molecule has 0 spiro atoms. The van der Waals surface area contributed by atoms with Crippen molar-refractivity contribution >= 4 is 41.3 Å². The molecule has 2 rings (SSSR count). The summed E-state index contributed by atoms with van der Waals surface area (Å²) in [5.41, 5.74) is 1.11. The van der Waals surface area contributed by atoms with E-state index in [1.807, 2.05) is 14.0 Å². The molecule has 0 aliphatic heterocycles. The van der Waals surface area contributed by atoms with Crippen LogP contribution in [0.2, 0.25) is 0 Å². The summed E-state index contributed by atoms with van der Waals surface area (Å²) in [5, 5.41) is 10.0. The Balaban J connectivity index is 0.00000162. The Labute approximate surface area is 130 Å². The van der Waals surface area contributed by atoms with Gasteiger partial charge >= 0.3 is 0 Å². The highest BCUT2D eigenvalue weighted by atomic mass is 127. The summed E-state index contributed by atoms with van der Waals surface area (Å²) in [7, 11) is 1.82. The van der Waals surface area contributed by atoms with Crippen LogP contribution in [0.4, 0.5) is 0 Å². The van der Waals surface area contributed by atoms with Gasteiger partial charge in [-0.2, -0.15) is 0 Å². The quantitative estimate of drug-likeness (QED) is 0.480. The number of hydrogen-bond acceptors (Lipinski definition) is 3. The van der Waals surface area contributed by atoms with Crippen molar-refractivity contribution in [3.05, 3.63) is 16.1 Å². The zero-order valence-electron chi connectivity index (χ0n) is 11.1. The molecule has 1 saturated carbocycles. The molecule has 4 nitrogen and oxygen atoms in total. The van der Waals surface area contributed by atoms with E-state index in [1.165, 1.54) is 17.8 Å². The van der Waals surface area contributed by atoms with Gasteiger partial charge in [-0.3, -0.25) is 4.99 Å². The van der Waals surface area contributed by atoms with Crippen molar-refractivity contribution in [2.24, 2.45) is 4.99 Å². The van der Waals surface area contributed by atoms with Crippen LogP contribution in [-0.2, 0) is 0 Å². The standard InChI is InChI=1S/C12H20N4S.HI/c1-8(11-15-9(2)7-17-11)6-14-12(13-3)16-10-4-5-10;/h7-8,10H,4-6H2,1-3H3,(H2,13,14,16);1H. The maximum atomic E-state index is 4.51. The number of halogens is 1. The SMILES string of the molecule is CN=C(NCC(C)c1nc(C)cs1)NC1CC1.I. The van der Waals surface area contributed by atoms with Crippen molar-refractivity contribution in [3.63, 3.8) is 0 Å². The first-order chi connectivity index (χ1) is 8.19. The van der Waals surface area contributed by atoms with Crippen LogP contribution in [0.3, 0.4) is 0 Å². The van der Waals surface area contributed by atoms with Crippen molar-refractivity contribution in [1.29, 1.82) is 0 Å². The highest BCUT2D eigenvalue weighted by Gasteiger charge is 2.22. The number of nitrogens with zero attached hydrogens (tertiary/aromatic N) is 2. The number of aryl methyl sites for hydroxylation is 1. The fraction of sp³-hybridized carbons (Fsp3) is 0.667. The number of hydrogen-bond donors (Lipinski definition) is 2. The minimum atomic E-state index is 0. The van der Waals surface area contributed by atoms with Crippen LogP contribution in [0.5, 0.6) is 0 Å². The lowest BCUT2D eigenvalue weighted by molar-refractivity contribution is 0.692. The lowest BCUT2D eigenvalue weighted by Gasteiger charge is -2.14. The first-order valence-electron chi connectivity index (χ1n) is 6.08. The topological polar surface area (TPSA) is 49.3 Å².